The highest BCUT2D eigenvalue weighted by Gasteiger charge is 2.13. The third-order valence-electron chi connectivity index (χ3n) is 2.70. The lowest BCUT2D eigenvalue weighted by atomic mass is 10.1. The number of morpholine rings is 1. The number of hydrogen-bond donors (Lipinski definition) is 1. The first-order chi connectivity index (χ1) is 7.75. The van der Waals surface area contributed by atoms with Crippen LogP contribution in [0.2, 0.25) is 0 Å². The second-order valence-electron chi connectivity index (χ2n) is 3.91. The van der Waals surface area contributed by atoms with Gasteiger partial charge in [-0.3, -0.25) is 0 Å². The smallest absolute Gasteiger partial charge is 0.0825 e. The predicted molar refractivity (Wildman–Crippen MR) is 76.8 cm³/mol. The van der Waals surface area contributed by atoms with Gasteiger partial charge in [-0.05, 0) is 17.7 Å². The lowest BCUT2D eigenvalue weighted by Gasteiger charge is -2.29. The SMILES string of the molecule is Cl.Nc1ccc(CC(=S)N2CCOCC2)cc1. The number of anilines is 1. The Morgan fingerprint density at radius 2 is 1.82 bits per heavy atom. The van der Waals surface area contributed by atoms with Crippen molar-refractivity contribution in [2.45, 2.75) is 6.42 Å². The molecule has 1 aliphatic rings. The molecule has 94 valence electrons. The number of nitrogens with two attached hydrogens (primary N) is 1. The minimum absolute atomic E-state index is 0. The molecule has 1 fully saturated rings. The number of thiocarbonyl (C=S) groups is 1. The van der Waals surface area contributed by atoms with Crippen molar-refractivity contribution in [3.05, 3.63) is 29.8 Å². The van der Waals surface area contributed by atoms with Crippen LogP contribution in [0, 0.1) is 0 Å². The molecule has 0 bridgehead atoms. The van der Waals surface area contributed by atoms with Crippen LogP contribution in [-0.2, 0) is 11.2 Å². The van der Waals surface area contributed by atoms with Crippen molar-refractivity contribution in [1.29, 1.82) is 0 Å². The molecule has 1 heterocycles. The van der Waals surface area contributed by atoms with Gasteiger partial charge in [0.25, 0.3) is 0 Å². The van der Waals surface area contributed by atoms with E-state index in [0.717, 1.165) is 43.4 Å². The first kappa shape index (κ1) is 14.2. The fourth-order valence-corrected chi connectivity index (χ4v) is 2.08. The molecule has 5 heteroatoms. The maximum Gasteiger partial charge on any atom is 0.0825 e. The van der Waals surface area contributed by atoms with Gasteiger partial charge in [0.2, 0.25) is 0 Å². The van der Waals surface area contributed by atoms with Crippen molar-refractivity contribution in [1.82, 2.24) is 4.90 Å². The highest BCUT2D eigenvalue weighted by molar-refractivity contribution is 7.80. The zero-order valence-electron chi connectivity index (χ0n) is 9.59. The lowest BCUT2D eigenvalue weighted by Crippen LogP contribution is -2.40. The van der Waals surface area contributed by atoms with Gasteiger partial charge < -0.3 is 15.4 Å². The van der Waals surface area contributed by atoms with Gasteiger partial charge in [0.15, 0.2) is 0 Å². The predicted octanol–water partition coefficient (Wildman–Crippen LogP) is 1.89. The Morgan fingerprint density at radius 1 is 1.24 bits per heavy atom. The van der Waals surface area contributed by atoms with Crippen molar-refractivity contribution < 1.29 is 4.74 Å². The zero-order valence-corrected chi connectivity index (χ0v) is 11.2. The summed E-state index contributed by atoms with van der Waals surface area (Å²) < 4.78 is 5.30. The van der Waals surface area contributed by atoms with E-state index >= 15 is 0 Å². The normalized spacial score (nSPS) is 15.2. The summed E-state index contributed by atoms with van der Waals surface area (Å²) >= 11 is 5.43. The van der Waals surface area contributed by atoms with Crippen LogP contribution < -0.4 is 5.73 Å². The minimum Gasteiger partial charge on any atom is -0.399 e. The van der Waals surface area contributed by atoms with Gasteiger partial charge >= 0.3 is 0 Å². The minimum atomic E-state index is 0. The molecule has 2 N–H and O–H groups in total. The Labute approximate surface area is 113 Å². The van der Waals surface area contributed by atoms with Crippen molar-refractivity contribution in [3.8, 4) is 0 Å². The molecule has 3 nitrogen and oxygen atoms in total. The number of nitrogen functional groups attached to an aromatic ring is 1. The van der Waals surface area contributed by atoms with Crippen molar-refractivity contribution in [2.24, 2.45) is 0 Å². The Bertz CT molecular complexity index is 363. The number of nitrogens with zero attached hydrogens (tertiary/aromatic N) is 1. The molecule has 0 radical (unpaired) electrons. The zero-order chi connectivity index (χ0) is 11.4. The van der Waals surface area contributed by atoms with Crippen LogP contribution in [0.4, 0.5) is 5.69 Å². The molecule has 1 saturated heterocycles. The molecule has 0 atom stereocenters. The molecule has 0 amide bonds. The Morgan fingerprint density at radius 3 is 2.41 bits per heavy atom. The second kappa shape index (κ2) is 6.79. The molecule has 17 heavy (non-hydrogen) atoms. The summed E-state index contributed by atoms with van der Waals surface area (Å²) in [6.45, 7) is 3.38. The molecular formula is C12H17ClN2OS. The number of ether oxygens (including phenoxy) is 1. The van der Waals surface area contributed by atoms with Crippen LogP contribution in [0.15, 0.2) is 24.3 Å². The molecule has 1 aliphatic heterocycles. The molecule has 0 aromatic heterocycles. The average molecular weight is 273 g/mol. The average Bonchev–Trinajstić information content (AvgIpc) is 2.33. The van der Waals surface area contributed by atoms with E-state index in [4.69, 9.17) is 22.7 Å². The van der Waals surface area contributed by atoms with E-state index in [2.05, 4.69) is 4.90 Å². The van der Waals surface area contributed by atoms with Crippen LogP contribution in [0.25, 0.3) is 0 Å². The summed E-state index contributed by atoms with van der Waals surface area (Å²) in [5, 5.41) is 0. The first-order valence-corrected chi connectivity index (χ1v) is 5.86. The highest BCUT2D eigenvalue weighted by atomic mass is 35.5. The van der Waals surface area contributed by atoms with Gasteiger partial charge in [-0.15, -0.1) is 12.4 Å². The summed E-state index contributed by atoms with van der Waals surface area (Å²) in [4.78, 5) is 3.21. The van der Waals surface area contributed by atoms with E-state index in [1.807, 2.05) is 24.3 Å². The molecular weight excluding hydrogens is 256 g/mol. The van der Waals surface area contributed by atoms with Gasteiger partial charge in [-0.2, -0.15) is 0 Å². The quantitative estimate of drug-likeness (QED) is 0.659. The molecule has 0 spiro atoms. The summed E-state index contributed by atoms with van der Waals surface area (Å²) in [6.07, 6.45) is 0.815. The Balaban J connectivity index is 0.00000144. The summed E-state index contributed by atoms with van der Waals surface area (Å²) in [5.41, 5.74) is 7.65. The third-order valence-corrected chi connectivity index (χ3v) is 3.10. The molecule has 2 rings (SSSR count). The van der Waals surface area contributed by atoms with E-state index in [1.165, 1.54) is 5.56 Å². The maximum absolute atomic E-state index is 5.64. The second-order valence-corrected chi connectivity index (χ2v) is 4.38. The van der Waals surface area contributed by atoms with Crippen molar-refractivity contribution >= 4 is 35.3 Å². The fourth-order valence-electron chi connectivity index (χ4n) is 1.73. The highest BCUT2D eigenvalue weighted by Crippen LogP contribution is 2.09. The van der Waals surface area contributed by atoms with Crippen LogP contribution in [0.3, 0.4) is 0 Å². The number of rotatable bonds is 2. The monoisotopic (exact) mass is 272 g/mol. The van der Waals surface area contributed by atoms with Gasteiger partial charge in [0.1, 0.15) is 0 Å². The van der Waals surface area contributed by atoms with E-state index in [9.17, 15) is 0 Å². The maximum atomic E-state index is 5.64. The van der Waals surface area contributed by atoms with E-state index in [0.29, 0.717) is 0 Å². The van der Waals surface area contributed by atoms with Gasteiger partial charge in [-0.25, -0.2) is 0 Å². The molecule has 1 aromatic carbocycles. The number of halogens is 1. The summed E-state index contributed by atoms with van der Waals surface area (Å²) in [5.74, 6) is 0. The van der Waals surface area contributed by atoms with Crippen molar-refractivity contribution in [3.63, 3.8) is 0 Å². The van der Waals surface area contributed by atoms with E-state index in [1.54, 1.807) is 0 Å². The van der Waals surface area contributed by atoms with Crippen molar-refractivity contribution in [2.75, 3.05) is 32.0 Å². The van der Waals surface area contributed by atoms with Gasteiger partial charge in [-0.1, -0.05) is 24.4 Å². The molecule has 0 unspecified atom stereocenters. The molecule has 1 aromatic rings. The van der Waals surface area contributed by atoms with Crippen LogP contribution in [-0.4, -0.2) is 36.2 Å². The molecule has 0 saturated carbocycles. The Hall–Kier alpha value is -0.840. The van der Waals surface area contributed by atoms with Crippen LogP contribution in [0.5, 0.6) is 0 Å². The topological polar surface area (TPSA) is 38.5 Å². The fraction of sp³-hybridized carbons (Fsp3) is 0.417. The van der Waals surface area contributed by atoms with E-state index in [-0.39, 0.29) is 12.4 Å². The lowest BCUT2D eigenvalue weighted by molar-refractivity contribution is 0.0685. The van der Waals surface area contributed by atoms with Crippen LogP contribution in [0.1, 0.15) is 5.56 Å². The summed E-state index contributed by atoms with van der Waals surface area (Å²) in [6, 6.07) is 7.89. The largest absolute Gasteiger partial charge is 0.399 e. The number of benzene rings is 1. The van der Waals surface area contributed by atoms with Gasteiger partial charge in [0, 0.05) is 25.2 Å². The third kappa shape index (κ3) is 4.15. The Kier molecular flexibility index (Phi) is 5.68. The van der Waals surface area contributed by atoms with Gasteiger partial charge in [0.05, 0.1) is 18.2 Å². The molecule has 0 aliphatic carbocycles. The standard InChI is InChI=1S/C12H16N2OS.ClH/c13-11-3-1-10(2-4-11)9-12(16)14-5-7-15-8-6-14;/h1-4H,5-9,13H2;1H. The van der Waals surface area contributed by atoms with Crippen LogP contribution >= 0.6 is 24.6 Å². The summed E-state index contributed by atoms with van der Waals surface area (Å²) in [7, 11) is 0. The van der Waals surface area contributed by atoms with E-state index < -0.39 is 0 Å². The number of hydrogen-bond acceptors (Lipinski definition) is 3. The first-order valence-electron chi connectivity index (χ1n) is 5.45.